The van der Waals surface area contributed by atoms with Gasteiger partial charge < -0.3 is 10.3 Å². The van der Waals surface area contributed by atoms with Gasteiger partial charge in [-0.1, -0.05) is 47.1 Å². The Morgan fingerprint density at radius 1 is 1.04 bits per heavy atom. The first-order valence-electron chi connectivity index (χ1n) is 8.26. The number of hydrogen-bond acceptors (Lipinski definition) is 1. The molecule has 0 unspecified atom stereocenters. The standard InChI is InChI=1S/C21H17BrN2O/c1-2-13-4-3-5-18-17-11-10-16(12-19(17)24-20(13)18)23-21(25)14-6-8-15(22)9-7-14/h3-12,24H,2H2,1H3,(H,23,25). The van der Waals surface area contributed by atoms with E-state index in [1.807, 2.05) is 24.3 Å². The predicted octanol–water partition coefficient (Wildman–Crippen LogP) is 5.90. The van der Waals surface area contributed by atoms with E-state index in [1.54, 1.807) is 12.1 Å². The zero-order valence-corrected chi connectivity index (χ0v) is 15.4. The molecule has 0 aliphatic carbocycles. The summed E-state index contributed by atoms with van der Waals surface area (Å²) in [5.74, 6) is -0.114. The average molecular weight is 393 g/mol. The maximum Gasteiger partial charge on any atom is 0.255 e. The van der Waals surface area contributed by atoms with Gasteiger partial charge in [0.2, 0.25) is 0 Å². The van der Waals surface area contributed by atoms with E-state index < -0.39 is 0 Å². The number of amides is 1. The number of hydrogen-bond donors (Lipinski definition) is 2. The topological polar surface area (TPSA) is 44.9 Å². The molecule has 4 rings (SSSR count). The van der Waals surface area contributed by atoms with E-state index in [0.717, 1.165) is 22.1 Å². The van der Waals surface area contributed by atoms with E-state index in [4.69, 9.17) is 0 Å². The molecular weight excluding hydrogens is 376 g/mol. The quantitative estimate of drug-likeness (QED) is 0.447. The number of benzene rings is 3. The summed E-state index contributed by atoms with van der Waals surface area (Å²) in [4.78, 5) is 15.9. The summed E-state index contributed by atoms with van der Waals surface area (Å²) in [6.45, 7) is 2.16. The number of carbonyl (C=O) groups excluding carboxylic acids is 1. The van der Waals surface area contributed by atoms with Crippen LogP contribution < -0.4 is 5.32 Å². The van der Waals surface area contributed by atoms with E-state index in [2.05, 4.69) is 57.4 Å². The van der Waals surface area contributed by atoms with Crippen molar-refractivity contribution in [3.8, 4) is 0 Å². The van der Waals surface area contributed by atoms with Gasteiger partial charge in [0.1, 0.15) is 0 Å². The molecule has 0 atom stereocenters. The monoisotopic (exact) mass is 392 g/mol. The second-order valence-corrected chi connectivity index (χ2v) is 6.96. The number of fused-ring (bicyclic) bond motifs is 3. The van der Waals surface area contributed by atoms with Gasteiger partial charge in [0, 0.05) is 37.5 Å². The lowest BCUT2D eigenvalue weighted by atomic mass is 10.1. The van der Waals surface area contributed by atoms with Crippen LogP contribution in [0.5, 0.6) is 0 Å². The number of carbonyl (C=O) groups is 1. The van der Waals surface area contributed by atoms with Crippen LogP contribution in [0, 0.1) is 0 Å². The van der Waals surface area contributed by atoms with Crippen molar-refractivity contribution in [2.24, 2.45) is 0 Å². The fourth-order valence-electron chi connectivity index (χ4n) is 3.17. The molecule has 4 heteroatoms. The van der Waals surface area contributed by atoms with Crippen LogP contribution in [0.25, 0.3) is 21.8 Å². The molecule has 0 saturated heterocycles. The molecule has 4 aromatic rings. The molecule has 0 saturated carbocycles. The molecule has 25 heavy (non-hydrogen) atoms. The zero-order chi connectivity index (χ0) is 17.4. The lowest BCUT2D eigenvalue weighted by molar-refractivity contribution is 0.102. The predicted molar refractivity (Wildman–Crippen MR) is 107 cm³/mol. The highest BCUT2D eigenvalue weighted by Gasteiger charge is 2.10. The molecule has 3 aromatic carbocycles. The smallest absolute Gasteiger partial charge is 0.255 e. The summed E-state index contributed by atoms with van der Waals surface area (Å²) in [5, 5.41) is 5.36. The highest BCUT2D eigenvalue weighted by Crippen LogP contribution is 2.29. The van der Waals surface area contributed by atoms with Gasteiger partial charge in [-0.05, 0) is 48.4 Å². The number of nitrogens with one attached hydrogen (secondary N) is 2. The van der Waals surface area contributed by atoms with Crippen LogP contribution in [-0.2, 0) is 6.42 Å². The lowest BCUT2D eigenvalue weighted by Gasteiger charge is -2.05. The second kappa shape index (κ2) is 6.37. The van der Waals surface area contributed by atoms with Crippen molar-refractivity contribution in [2.45, 2.75) is 13.3 Å². The van der Waals surface area contributed by atoms with Gasteiger partial charge in [0.15, 0.2) is 0 Å². The number of rotatable bonds is 3. The van der Waals surface area contributed by atoms with E-state index in [9.17, 15) is 4.79 Å². The number of halogens is 1. The minimum atomic E-state index is -0.114. The summed E-state index contributed by atoms with van der Waals surface area (Å²) in [6.07, 6.45) is 0.983. The number of aromatic amines is 1. The van der Waals surface area contributed by atoms with Crippen LogP contribution in [0.2, 0.25) is 0 Å². The fourth-order valence-corrected chi connectivity index (χ4v) is 3.43. The molecule has 124 valence electrons. The maximum atomic E-state index is 12.4. The number of aryl methyl sites for hydroxylation is 1. The molecule has 0 aliphatic rings. The third kappa shape index (κ3) is 2.94. The number of aromatic nitrogens is 1. The Hall–Kier alpha value is -2.59. The zero-order valence-electron chi connectivity index (χ0n) is 13.8. The van der Waals surface area contributed by atoms with Crippen LogP contribution in [0.3, 0.4) is 0 Å². The molecule has 1 aromatic heterocycles. The Morgan fingerprint density at radius 3 is 2.60 bits per heavy atom. The van der Waals surface area contributed by atoms with E-state index in [-0.39, 0.29) is 5.91 Å². The largest absolute Gasteiger partial charge is 0.354 e. The average Bonchev–Trinajstić information content (AvgIpc) is 3.00. The van der Waals surface area contributed by atoms with Crippen molar-refractivity contribution in [1.29, 1.82) is 0 Å². The maximum absolute atomic E-state index is 12.4. The van der Waals surface area contributed by atoms with Crippen LogP contribution in [0.15, 0.2) is 65.1 Å². The van der Waals surface area contributed by atoms with Crippen molar-refractivity contribution in [3.05, 3.63) is 76.3 Å². The molecular formula is C21H17BrN2O. The molecule has 2 N–H and O–H groups in total. The molecule has 0 fully saturated rings. The molecule has 0 bridgehead atoms. The molecule has 0 aliphatic heterocycles. The van der Waals surface area contributed by atoms with E-state index >= 15 is 0 Å². The summed E-state index contributed by atoms with van der Waals surface area (Å²) >= 11 is 3.38. The number of H-pyrrole nitrogens is 1. The van der Waals surface area contributed by atoms with Gasteiger partial charge in [-0.15, -0.1) is 0 Å². The van der Waals surface area contributed by atoms with E-state index in [0.29, 0.717) is 5.56 Å². The van der Waals surface area contributed by atoms with Gasteiger partial charge >= 0.3 is 0 Å². The summed E-state index contributed by atoms with van der Waals surface area (Å²) < 4.78 is 0.954. The minimum absolute atomic E-state index is 0.114. The third-order valence-electron chi connectivity index (χ3n) is 4.47. The first-order valence-corrected chi connectivity index (χ1v) is 9.05. The Labute approximate surface area is 154 Å². The van der Waals surface area contributed by atoms with Gasteiger partial charge in [-0.2, -0.15) is 0 Å². The molecule has 3 nitrogen and oxygen atoms in total. The van der Waals surface area contributed by atoms with Crippen molar-refractivity contribution in [2.75, 3.05) is 5.32 Å². The fraction of sp³-hybridized carbons (Fsp3) is 0.0952. The third-order valence-corrected chi connectivity index (χ3v) is 4.99. The van der Waals surface area contributed by atoms with Gasteiger partial charge in [0.25, 0.3) is 5.91 Å². The highest BCUT2D eigenvalue weighted by atomic mass is 79.9. The highest BCUT2D eigenvalue weighted by molar-refractivity contribution is 9.10. The summed E-state index contributed by atoms with van der Waals surface area (Å²) in [6, 6.07) is 19.7. The number of para-hydroxylation sites is 1. The SMILES string of the molecule is CCc1cccc2c1[nH]c1cc(NC(=O)c3ccc(Br)cc3)ccc12. The molecule has 1 amide bonds. The molecule has 0 radical (unpaired) electrons. The van der Waals surface area contributed by atoms with Gasteiger partial charge in [0.05, 0.1) is 0 Å². The normalized spacial score (nSPS) is 11.1. The van der Waals surface area contributed by atoms with Crippen LogP contribution in [-0.4, -0.2) is 10.9 Å². The summed E-state index contributed by atoms with van der Waals surface area (Å²) in [5.41, 5.74) is 4.92. The lowest BCUT2D eigenvalue weighted by Crippen LogP contribution is -2.11. The van der Waals surface area contributed by atoms with Crippen molar-refractivity contribution in [3.63, 3.8) is 0 Å². The van der Waals surface area contributed by atoms with Crippen molar-refractivity contribution in [1.82, 2.24) is 4.98 Å². The van der Waals surface area contributed by atoms with Crippen molar-refractivity contribution >= 4 is 49.3 Å². The van der Waals surface area contributed by atoms with Crippen molar-refractivity contribution < 1.29 is 4.79 Å². The van der Waals surface area contributed by atoms with Gasteiger partial charge in [-0.25, -0.2) is 0 Å². The Kier molecular flexibility index (Phi) is 4.06. The second-order valence-electron chi connectivity index (χ2n) is 6.04. The Bertz CT molecular complexity index is 1080. The van der Waals surface area contributed by atoms with Gasteiger partial charge in [-0.3, -0.25) is 4.79 Å². The molecule has 1 heterocycles. The number of anilines is 1. The Balaban J connectivity index is 1.70. The van der Waals surface area contributed by atoms with Crippen LogP contribution in [0.1, 0.15) is 22.8 Å². The Morgan fingerprint density at radius 2 is 1.84 bits per heavy atom. The molecule has 0 spiro atoms. The van der Waals surface area contributed by atoms with Crippen LogP contribution in [0.4, 0.5) is 5.69 Å². The summed E-state index contributed by atoms with van der Waals surface area (Å²) in [7, 11) is 0. The van der Waals surface area contributed by atoms with E-state index in [1.165, 1.54) is 21.9 Å². The first kappa shape index (κ1) is 15.9. The minimum Gasteiger partial charge on any atom is -0.354 e. The first-order chi connectivity index (χ1) is 12.2. The van der Waals surface area contributed by atoms with Crippen LogP contribution >= 0.6 is 15.9 Å².